The molecule has 1 N–H and O–H groups in total. The molecule has 2 aromatic rings. The van der Waals surface area contributed by atoms with Crippen molar-refractivity contribution < 1.29 is 19.4 Å². The van der Waals surface area contributed by atoms with Gasteiger partial charge in [-0.1, -0.05) is 52.0 Å². The Balaban J connectivity index is 2.03. The van der Waals surface area contributed by atoms with Crippen LogP contribution in [-0.2, 0) is 9.59 Å². The number of hydrogen-bond donors (Lipinski definition) is 1. The number of aliphatic hydroxyl groups is 1. The quantitative estimate of drug-likeness (QED) is 0.305. The molecule has 1 heterocycles. The number of likely N-dealkylation sites (tertiary alicyclic amines) is 1. The first-order valence-corrected chi connectivity index (χ1v) is 12.1. The van der Waals surface area contributed by atoms with Crippen molar-refractivity contribution in [2.45, 2.75) is 46.1 Å². The number of ketones is 1. The van der Waals surface area contributed by atoms with Gasteiger partial charge in [0.1, 0.15) is 11.5 Å². The lowest BCUT2D eigenvalue weighted by molar-refractivity contribution is -0.140. The van der Waals surface area contributed by atoms with E-state index >= 15 is 0 Å². The zero-order valence-corrected chi connectivity index (χ0v) is 20.9. The predicted molar refractivity (Wildman–Crippen MR) is 135 cm³/mol. The van der Waals surface area contributed by atoms with E-state index in [-0.39, 0.29) is 11.3 Å². The Morgan fingerprint density at radius 1 is 1.03 bits per heavy atom. The third-order valence-corrected chi connectivity index (χ3v) is 6.59. The summed E-state index contributed by atoms with van der Waals surface area (Å²) in [6, 6.07) is 14.2. The number of carbonyl (C=O) groups is 2. The van der Waals surface area contributed by atoms with Gasteiger partial charge < -0.3 is 19.6 Å². The summed E-state index contributed by atoms with van der Waals surface area (Å²) >= 11 is 0. The first-order chi connectivity index (χ1) is 16.3. The minimum atomic E-state index is -0.644. The van der Waals surface area contributed by atoms with E-state index in [1.165, 1.54) is 5.56 Å². The lowest BCUT2D eigenvalue weighted by Crippen LogP contribution is -2.33. The minimum Gasteiger partial charge on any atom is -0.507 e. The molecule has 0 saturated carbocycles. The standard InChI is InChI=1S/C28H36N2O4/c1-6-29(7-2)17-8-18-30-25(21-11-9-20(10-12-21)19(3)4)24(27(32)28(30)33)26(31)22-13-15-23(34-5)16-14-22/h9-16,19,25,31H,6-8,17-18H2,1-5H3/b26-24+/t25-/m1/s1. The second-order valence-electron chi connectivity index (χ2n) is 8.92. The maximum Gasteiger partial charge on any atom is 0.295 e. The molecule has 0 spiro atoms. The molecule has 1 fully saturated rings. The normalized spacial score (nSPS) is 17.7. The van der Waals surface area contributed by atoms with Crippen LogP contribution in [0.4, 0.5) is 0 Å². The highest BCUT2D eigenvalue weighted by Gasteiger charge is 2.45. The largest absolute Gasteiger partial charge is 0.507 e. The summed E-state index contributed by atoms with van der Waals surface area (Å²) in [7, 11) is 1.57. The average Bonchev–Trinajstić information content (AvgIpc) is 3.11. The summed E-state index contributed by atoms with van der Waals surface area (Å²) in [5.74, 6) is -0.352. The van der Waals surface area contributed by atoms with Crippen LogP contribution in [0.25, 0.3) is 5.76 Å². The zero-order valence-electron chi connectivity index (χ0n) is 20.9. The SMILES string of the molecule is CCN(CC)CCCN1C(=O)C(=O)/C(=C(/O)c2ccc(OC)cc2)[C@H]1c1ccc(C(C)C)cc1. The molecular formula is C28H36N2O4. The summed E-state index contributed by atoms with van der Waals surface area (Å²) in [5, 5.41) is 11.2. The number of carbonyl (C=O) groups excluding carboxylic acids is 2. The summed E-state index contributed by atoms with van der Waals surface area (Å²) in [6.45, 7) is 11.6. The Morgan fingerprint density at radius 2 is 1.65 bits per heavy atom. The van der Waals surface area contributed by atoms with Crippen LogP contribution < -0.4 is 4.74 Å². The molecule has 6 heteroatoms. The zero-order chi connectivity index (χ0) is 24.8. The number of hydrogen-bond acceptors (Lipinski definition) is 5. The number of rotatable bonds is 10. The fourth-order valence-electron chi connectivity index (χ4n) is 4.43. The Bertz CT molecular complexity index is 1020. The molecule has 182 valence electrons. The molecule has 2 aromatic carbocycles. The molecule has 0 bridgehead atoms. The molecule has 1 saturated heterocycles. The van der Waals surface area contributed by atoms with Gasteiger partial charge in [0.2, 0.25) is 0 Å². The molecule has 1 atom stereocenters. The van der Waals surface area contributed by atoms with Gasteiger partial charge in [-0.15, -0.1) is 0 Å². The lowest BCUT2D eigenvalue weighted by Gasteiger charge is -2.27. The lowest BCUT2D eigenvalue weighted by atomic mass is 9.93. The van der Waals surface area contributed by atoms with Crippen molar-refractivity contribution in [3.05, 3.63) is 70.8 Å². The van der Waals surface area contributed by atoms with Crippen molar-refractivity contribution in [3.8, 4) is 5.75 Å². The fraction of sp³-hybridized carbons (Fsp3) is 0.429. The van der Waals surface area contributed by atoms with E-state index in [2.05, 4.69) is 32.6 Å². The highest BCUT2D eigenvalue weighted by Crippen LogP contribution is 2.40. The van der Waals surface area contributed by atoms with Crippen LogP contribution in [0, 0.1) is 0 Å². The van der Waals surface area contributed by atoms with E-state index in [1.807, 2.05) is 24.3 Å². The summed E-state index contributed by atoms with van der Waals surface area (Å²) < 4.78 is 5.20. The number of nitrogens with zero attached hydrogens (tertiary/aromatic N) is 2. The number of aliphatic hydroxyl groups excluding tert-OH is 1. The maximum atomic E-state index is 13.2. The number of methoxy groups -OCH3 is 1. The molecule has 0 unspecified atom stereocenters. The Hall–Kier alpha value is -3.12. The Kier molecular flexibility index (Phi) is 8.51. The molecule has 0 radical (unpaired) electrons. The van der Waals surface area contributed by atoms with Gasteiger partial charge in [-0.3, -0.25) is 9.59 Å². The van der Waals surface area contributed by atoms with E-state index in [1.54, 1.807) is 36.3 Å². The van der Waals surface area contributed by atoms with Gasteiger partial charge in [0.05, 0.1) is 18.7 Å². The third-order valence-electron chi connectivity index (χ3n) is 6.59. The molecular weight excluding hydrogens is 428 g/mol. The second-order valence-corrected chi connectivity index (χ2v) is 8.92. The van der Waals surface area contributed by atoms with Crippen LogP contribution >= 0.6 is 0 Å². The molecule has 6 nitrogen and oxygen atoms in total. The summed E-state index contributed by atoms with van der Waals surface area (Å²) in [6.07, 6.45) is 0.748. The van der Waals surface area contributed by atoms with Crippen molar-refractivity contribution in [3.63, 3.8) is 0 Å². The molecule has 1 aliphatic rings. The smallest absolute Gasteiger partial charge is 0.295 e. The van der Waals surface area contributed by atoms with Gasteiger partial charge >= 0.3 is 0 Å². The van der Waals surface area contributed by atoms with Crippen molar-refractivity contribution >= 4 is 17.4 Å². The van der Waals surface area contributed by atoms with Crippen molar-refractivity contribution in [1.29, 1.82) is 0 Å². The molecule has 1 aliphatic heterocycles. The van der Waals surface area contributed by atoms with Gasteiger partial charge in [0, 0.05) is 12.1 Å². The topological polar surface area (TPSA) is 70.1 Å². The molecule has 3 rings (SSSR count). The van der Waals surface area contributed by atoms with Crippen LogP contribution in [0.3, 0.4) is 0 Å². The monoisotopic (exact) mass is 464 g/mol. The highest BCUT2D eigenvalue weighted by molar-refractivity contribution is 6.46. The van der Waals surface area contributed by atoms with E-state index in [0.717, 1.165) is 31.6 Å². The Labute approximate surface area is 202 Å². The van der Waals surface area contributed by atoms with E-state index in [4.69, 9.17) is 4.74 Å². The first-order valence-electron chi connectivity index (χ1n) is 12.1. The summed E-state index contributed by atoms with van der Waals surface area (Å²) in [4.78, 5) is 30.2. The highest BCUT2D eigenvalue weighted by atomic mass is 16.5. The van der Waals surface area contributed by atoms with Crippen LogP contribution in [0.5, 0.6) is 5.75 Å². The molecule has 0 aromatic heterocycles. The van der Waals surface area contributed by atoms with E-state index in [0.29, 0.717) is 23.8 Å². The number of Topliss-reactive ketones (excluding diaryl/α,β-unsaturated/α-hetero) is 1. The maximum absolute atomic E-state index is 13.2. The Morgan fingerprint density at radius 3 is 2.18 bits per heavy atom. The van der Waals surface area contributed by atoms with Gasteiger partial charge in [-0.2, -0.15) is 0 Å². The number of amides is 1. The van der Waals surface area contributed by atoms with Gasteiger partial charge in [-0.25, -0.2) is 0 Å². The van der Waals surface area contributed by atoms with E-state index < -0.39 is 17.7 Å². The van der Waals surface area contributed by atoms with Crippen molar-refractivity contribution in [2.75, 3.05) is 33.3 Å². The van der Waals surface area contributed by atoms with Gasteiger partial charge in [-0.05, 0) is 67.4 Å². The van der Waals surface area contributed by atoms with Crippen LogP contribution in [0.15, 0.2) is 54.1 Å². The molecule has 1 amide bonds. The van der Waals surface area contributed by atoms with Crippen LogP contribution in [-0.4, -0.2) is 59.9 Å². The first kappa shape index (κ1) is 25.5. The summed E-state index contributed by atoms with van der Waals surface area (Å²) in [5.41, 5.74) is 2.61. The fourth-order valence-corrected chi connectivity index (χ4v) is 4.43. The second kappa shape index (κ2) is 11.3. The average molecular weight is 465 g/mol. The predicted octanol–water partition coefficient (Wildman–Crippen LogP) is 4.97. The van der Waals surface area contributed by atoms with Crippen LogP contribution in [0.1, 0.15) is 62.8 Å². The van der Waals surface area contributed by atoms with Gasteiger partial charge in [0.25, 0.3) is 11.7 Å². The minimum absolute atomic E-state index is 0.135. The van der Waals surface area contributed by atoms with Crippen molar-refractivity contribution in [1.82, 2.24) is 9.80 Å². The van der Waals surface area contributed by atoms with E-state index in [9.17, 15) is 14.7 Å². The molecule has 34 heavy (non-hydrogen) atoms. The van der Waals surface area contributed by atoms with Gasteiger partial charge in [0.15, 0.2) is 0 Å². The number of ether oxygens (including phenoxy) is 1. The molecule has 0 aliphatic carbocycles. The third kappa shape index (κ3) is 5.33. The number of benzene rings is 2. The van der Waals surface area contributed by atoms with Crippen LogP contribution in [0.2, 0.25) is 0 Å². The van der Waals surface area contributed by atoms with Crippen molar-refractivity contribution in [2.24, 2.45) is 0 Å².